The smallest absolute Gasteiger partial charge is 0.213 e. The van der Waals surface area contributed by atoms with Crippen LogP contribution < -0.4 is 10.5 Å². The van der Waals surface area contributed by atoms with Gasteiger partial charge in [-0.3, -0.25) is 0 Å². The van der Waals surface area contributed by atoms with Gasteiger partial charge in [0.15, 0.2) is 0 Å². The van der Waals surface area contributed by atoms with Crippen molar-refractivity contribution in [2.75, 3.05) is 32.1 Å². The van der Waals surface area contributed by atoms with Crippen molar-refractivity contribution in [3.63, 3.8) is 0 Å². The summed E-state index contributed by atoms with van der Waals surface area (Å²) in [6, 6.07) is 0. The van der Waals surface area contributed by atoms with E-state index >= 15 is 0 Å². The molecule has 0 radical (unpaired) electrons. The Kier molecular flexibility index (Phi) is 6.35. The first kappa shape index (κ1) is 14.8. The normalized spacial score (nSPS) is 13.1. The van der Waals surface area contributed by atoms with Crippen molar-refractivity contribution < 1.29 is 13.2 Å². The highest BCUT2D eigenvalue weighted by atomic mass is 32.2. The van der Waals surface area contributed by atoms with Crippen LogP contribution >= 0.6 is 0 Å². The molecule has 15 heavy (non-hydrogen) atoms. The van der Waals surface area contributed by atoms with Crippen molar-refractivity contribution in [2.24, 2.45) is 11.1 Å². The van der Waals surface area contributed by atoms with Gasteiger partial charge in [0.05, 0.1) is 12.4 Å². The van der Waals surface area contributed by atoms with Crippen LogP contribution in [0.15, 0.2) is 0 Å². The van der Waals surface area contributed by atoms with Gasteiger partial charge in [-0.15, -0.1) is 0 Å². The van der Waals surface area contributed by atoms with Crippen molar-refractivity contribution in [1.82, 2.24) is 4.72 Å². The molecule has 3 N–H and O–H groups in total. The van der Waals surface area contributed by atoms with Gasteiger partial charge in [-0.05, 0) is 18.9 Å². The maximum Gasteiger partial charge on any atom is 0.213 e. The molecule has 0 unspecified atom stereocenters. The summed E-state index contributed by atoms with van der Waals surface area (Å²) in [6.45, 7) is 7.23. The third-order valence-corrected chi connectivity index (χ3v) is 3.31. The van der Waals surface area contributed by atoms with Gasteiger partial charge < -0.3 is 10.5 Å². The fourth-order valence-corrected chi connectivity index (χ4v) is 1.85. The molecular weight excluding hydrogens is 216 g/mol. The molecule has 0 saturated heterocycles. The van der Waals surface area contributed by atoms with E-state index in [-0.39, 0.29) is 17.8 Å². The highest BCUT2D eigenvalue weighted by molar-refractivity contribution is 7.89. The Bertz CT molecular complexity index is 263. The van der Waals surface area contributed by atoms with Gasteiger partial charge in [-0.1, -0.05) is 13.8 Å². The topological polar surface area (TPSA) is 81.4 Å². The van der Waals surface area contributed by atoms with E-state index in [9.17, 15) is 8.42 Å². The van der Waals surface area contributed by atoms with E-state index in [0.717, 1.165) is 0 Å². The number of ether oxygens (including phenoxy) is 1. The molecule has 0 aromatic carbocycles. The number of hydrogen-bond acceptors (Lipinski definition) is 4. The SMILES string of the molecule is CCOCCS(=O)(=O)NCC(C)(C)CN. The zero-order valence-corrected chi connectivity index (χ0v) is 10.6. The minimum Gasteiger partial charge on any atom is -0.381 e. The van der Waals surface area contributed by atoms with Crippen LogP contribution in [0.25, 0.3) is 0 Å². The van der Waals surface area contributed by atoms with Gasteiger partial charge in [0, 0.05) is 13.2 Å². The number of nitrogens with one attached hydrogen (secondary N) is 1. The van der Waals surface area contributed by atoms with E-state index in [1.807, 2.05) is 20.8 Å². The van der Waals surface area contributed by atoms with E-state index in [4.69, 9.17) is 10.5 Å². The molecule has 92 valence electrons. The molecule has 5 nitrogen and oxygen atoms in total. The highest BCUT2D eigenvalue weighted by Gasteiger charge is 2.19. The number of nitrogens with two attached hydrogens (primary N) is 1. The van der Waals surface area contributed by atoms with Crippen LogP contribution in [0.2, 0.25) is 0 Å². The Morgan fingerprint density at radius 1 is 1.40 bits per heavy atom. The summed E-state index contributed by atoms with van der Waals surface area (Å²) in [7, 11) is -3.23. The third-order valence-electron chi connectivity index (χ3n) is 2.02. The molecule has 0 heterocycles. The standard InChI is InChI=1S/C9H22N2O3S/c1-4-14-5-6-15(12,13)11-8-9(2,3)7-10/h11H,4-8,10H2,1-3H3. The number of rotatable bonds is 8. The number of hydrogen-bond donors (Lipinski definition) is 2. The summed E-state index contributed by atoms with van der Waals surface area (Å²) in [6.07, 6.45) is 0. The van der Waals surface area contributed by atoms with Gasteiger partial charge >= 0.3 is 0 Å². The number of sulfonamides is 1. The summed E-state index contributed by atoms with van der Waals surface area (Å²) >= 11 is 0. The lowest BCUT2D eigenvalue weighted by Crippen LogP contribution is -2.39. The zero-order chi connectivity index (χ0) is 11.9. The molecule has 0 aliphatic heterocycles. The fraction of sp³-hybridized carbons (Fsp3) is 1.00. The minimum atomic E-state index is -3.23. The second kappa shape index (κ2) is 6.42. The fourth-order valence-electron chi connectivity index (χ4n) is 0.763. The molecular formula is C9H22N2O3S. The first-order chi connectivity index (χ1) is 6.83. The van der Waals surface area contributed by atoms with Crippen LogP contribution in [-0.4, -0.2) is 40.5 Å². The van der Waals surface area contributed by atoms with E-state index in [1.54, 1.807) is 0 Å². The maximum absolute atomic E-state index is 11.4. The van der Waals surface area contributed by atoms with Crippen LogP contribution in [-0.2, 0) is 14.8 Å². The molecule has 0 aliphatic rings. The van der Waals surface area contributed by atoms with Crippen molar-refractivity contribution in [3.8, 4) is 0 Å². The second-order valence-corrected chi connectivity index (χ2v) is 6.13. The Hall–Kier alpha value is -0.170. The quantitative estimate of drug-likeness (QED) is 0.580. The minimum absolute atomic E-state index is 0.00148. The lowest BCUT2D eigenvalue weighted by molar-refractivity contribution is 0.163. The van der Waals surface area contributed by atoms with Crippen LogP contribution in [0.3, 0.4) is 0 Å². The average molecular weight is 238 g/mol. The van der Waals surface area contributed by atoms with Crippen molar-refractivity contribution in [3.05, 3.63) is 0 Å². The van der Waals surface area contributed by atoms with Crippen molar-refractivity contribution in [1.29, 1.82) is 0 Å². The lowest BCUT2D eigenvalue weighted by atomic mass is 9.95. The molecule has 0 atom stereocenters. The summed E-state index contributed by atoms with van der Waals surface area (Å²) in [5.74, 6) is 0.00148. The monoisotopic (exact) mass is 238 g/mol. The predicted octanol–water partition coefficient (Wildman–Crippen LogP) is -0.0728. The molecule has 0 spiro atoms. The Labute approximate surface area is 92.4 Å². The van der Waals surface area contributed by atoms with E-state index in [1.165, 1.54) is 0 Å². The summed E-state index contributed by atoms with van der Waals surface area (Å²) in [5.41, 5.74) is 5.29. The van der Waals surface area contributed by atoms with Crippen molar-refractivity contribution >= 4 is 10.0 Å². The summed E-state index contributed by atoms with van der Waals surface area (Å²) in [4.78, 5) is 0. The molecule has 0 aliphatic carbocycles. The van der Waals surface area contributed by atoms with E-state index in [0.29, 0.717) is 19.7 Å². The molecule has 0 saturated carbocycles. The Morgan fingerprint density at radius 3 is 2.47 bits per heavy atom. The molecule has 6 heteroatoms. The molecule has 0 bridgehead atoms. The van der Waals surface area contributed by atoms with Crippen LogP contribution in [0, 0.1) is 5.41 Å². The van der Waals surface area contributed by atoms with Gasteiger partial charge in [0.1, 0.15) is 0 Å². The van der Waals surface area contributed by atoms with Crippen LogP contribution in [0.1, 0.15) is 20.8 Å². The largest absolute Gasteiger partial charge is 0.381 e. The molecule has 0 aromatic heterocycles. The Morgan fingerprint density at radius 2 is 2.00 bits per heavy atom. The summed E-state index contributed by atoms with van der Waals surface area (Å²) < 4.78 is 30.4. The first-order valence-electron chi connectivity index (χ1n) is 5.08. The predicted molar refractivity (Wildman–Crippen MR) is 61.1 cm³/mol. The lowest BCUT2D eigenvalue weighted by Gasteiger charge is -2.22. The van der Waals surface area contributed by atoms with Crippen LogP contribution in [0.5, 0.6) is 0 Å². The highest BCUT2D eigenvalue weighted by Crippen LogP contribution is 2.10. The maximum atomic E-state index is 11.4. The van der Waals surface area contributed by atoms with Gasteiger partial charge in [0.2, 0.25) is 10.0 Å². The molecule has 0 amide bonds. The van der Waals surface area contributed by atoms with Gasteiger partial charge in [0.25, 0.3) is 0 Å². The second-order valence-electron chi connectivity index (χ2n) is 4.21. The Balaban J connectivity index is 3.94. The zero-order valence-electron chi connectivity index (χ0n) is 9.75. The van der Waals surface area contributed by atoms with E-state index < -0.39 is 10.0 Å². The molecule has 0 aromatic rings. The summed E-state index contributed by atoms with van der Waals surface area (Å²) in [5, 5.41) is 0. The van der Waals surface area contributed by atoms with E-state index in [2.05, 4.69) is 4.72 Å². The van der Waals surface area contributed by atoms with Crippen LogP contribution in [0.4, 0.5) is 0 Å². The molecule has 0 fully saturated rings. The van der Waals surface area contributed by atoms with Gasteiger partial charge in [-0.25, -0.2) is 13.1 Å². The third kappa shape index (κ3) is 7.72. The van der Waals surface area contributed by atoms with Gasteiger partial charge in [-0.2, -0.15) is 0 Å². The van der Waals surface area contributed by atoms with Crippen molar-refractivity contribution in [2.45, 2.75) is 20.8 Å². The first-order valence-corrected chi connectivity index (χ1v) is 6.73. The average Bonchev–Trinajstić information content (AvgIpc) is 2.16. The molecule has 0 rings (SSSR count).